The van der Waals surface area contributed by atoms with Gasteiger partial charge in [0.15, 0.2) is 16.6 Å². The van der Waals surface area contributed by atoms with E-state index in [2.05, 4.69) is 19.8 Å². The number of hydrogen-bond donors (Lipinski definition) is 3. The molecule has 0 saturated heterocycles. The van der Waals surface area contributed by atoms with Gasteiger partial charge in [0.1, 0.15) is 4.90 Å². The number of rotatable bonds is 9. The molecule has 4 rings (SSSR count). The molecule has 42 heavy (non-hydrogen) atoms. The number of sulfonamides is 1. The molecule has 0 spiro atoms. The van der Waals surface area contributed by atoms with E-state index >= 15 is 4.39 Å². The number of ether oxygens (including phenoxy) is 1. The molecule has 1 aromatic carbocycles. The summed E-state index contributed by atoms with van der Waals surface area (Å²) in [6.07, 6.45) is 0.229. The predicted octanol–water partition coefficient (Wildman–Crippen LogP) is 5.64. The van der Waals surface area contributed by atoms with Gasteiger partial charge in [-0.3, -0.25) is 9.59 Å². The van der Waals surface area contributed by atoms with Crippen molar-refractivity contribution in [3.05, 3.63) is 28.7 Å². The van der Waals surface area contributed by atoms with Crippen LogP contribution in [0.15, 0.2) is 17.0 Å². The normalized spacial score (nSPS) is 20.2. The fraction of sp³-hybridized carbons (Fsp3) is 0.593. The zero-order chi connectivity index (χ0) is 31.0. The van der Waals surface area contributed by atoms with Crippen LogP contribution in [-0.4, -0.2) is 48.3 Å². The molecule has 0 bridgehead atoms. The number of aromatic nitrogens is 1. The first kappa shape index (κ1) is 32.1. The van der Waals surface area contributed by atoms with Gasteiger partial charge in [0.05, 0.1) is 16.5 Å². The third-order valence-electron chi connectivity index (χ3n) is 7.17. The summed E-state index contributed by atoms with van der Waals surface area (Å²) in [5.74, 6) is -5.01. The molecule has 9 nitrogen and oxygen atoms in total. The van der Waals surface area contributed by atoms with Crippen molar-refractivity contribution in [1.29, 1.82) is 0 Å². The summed E-state index contributed by atoms with van der Waals surface area (Å²) in [5.41, 5.74) is -1.14. The molecular formula is C27H33F4N3O6S2. The van der Waals surface area contributed by atoms with Gasteiger partial charge in [0.25, 0.3) is 5.91 Å². The van der Waals surface area contributed by atoms with E-state index in [4.69, 9.17) is 5.11 Å². The van der Waals surface area contributed by atoms with Crippen molar-refractivity contribution in [3.63, 3.8) is 0 Å². The van der Waals surface area contributed by atoms with E-state index < -0.39 is 56.2 Å². The summed E-state index contributed by atoms with van der Waals surface area (Å²) >= 11 is 0.776. The first-order valence-electron chi connectivity index (χ1n) is 13.6. The molecule has 0 atom stereocenters. The minimum Gasteiger partial charge on any atom is -0.481 e. The van der Waals surface area contributed by atoms with Crippen molar-refractivity contribution < 1.29 is 45.4 Å². The second kappa shape index (κ2) is 12.1. The average Bonchev–Trinajstić information content (AvgIpc) is 3.23. The molecule has 1 aromatic heterocycles. The first-order chi connectivity index (χ1) is 19.4. The van der Waals surface area contributed by atoms with Crippen LogP contribution in [0.4, 0.5) is 17.6 Å². The number of benzene rings is 1. The lowest BCUT2D eigenvalue weighted by atomic mass is 9.80. The number of carboxylic acid groups (broad SMARTS) is 1. The number of carboxylic acids is 1. The fourth-order valence-corrected chi connectivity index (χ4v) is 7.79. The largest absolute Gasteiger partial charge is 0.573 e. The summed E-state index contributed by atoms with van der Waals surface area (Å²) in [4.78, 5) is 27.6. The van der Waals surface area contributed by atoms with Crippen LogP contribution in [0.3, 0.4) is 0 Å². The van der Waals surface area contributed by atoms with Gasteiger partial charge in [-0.15, -0.1) is 24.5 Å². The Morgan fingerprint density at radius 2 is 1.76 bits per heavy atom. The topological polar surface area (TPSA) is 135 Å². The number of alkyl halides is 3. The Morgan fingerprint density at radius 1 is 1.12 bits per heavy atom. The maximum Gasteiger partial charge on any atom is 0.573 e. The van der Waals surface area contributed by atoms with Crippen molar-refractivity contribution >= 4 is 33.2 Å². The summed E-state index contributed by atoms with van der Waals surface area (Å²) in [6, 6.07) is 1.52. The highest BCUT2D eigenvalue weighted by atomic mass is 32.2. The third kappa shape index (κ3) is 7.78. The Kier molecular flexibility index (Phi) is 9.24. The smallest absolute Gasteiger partial charge is 0.481 e. The van der Waals surface area contributed by atoms with Crippen molar-refractivity contribution in [1.82, 2.24) is 15.0 Å². The number of carbonyl (C=O) groups is 2. The molecule has 0 unspecified atom stereocenters. The van der Waals surface area contributed by atoms with Gasteiger partial charge < -0.3 is 15.2 Å². The highest BCUT2D eigenvalue weighted by molar-refractivity contribution is 7.89. The number of amides is 1. The van der Waals surface area contributed by atoms with Gasteiger partial charge in [-0.25, -0.2) is 22.5 Å². The van der Waals surface area contributed by atoms with E-state index in [-0.39, 0.29) is 40.2 Å². The Hall–Kier alpha value is -2.78. The number of nitrogens with one attached hydrogen (secondary N) is 2. The summed E-state index contributed by atoms with van der Waals surface area (Å²) < 4.78 is 88.2. The van der Waals surface area contributed by atoms with Crippen LogP contribution in [0.2, 0.25) is 0 Å². The molecule has 0 radical (unpaired) electrons. The Labute approximate surface area is 245 Å². The van der Waals surface area contributed by atoms with E-state index in [0.717, 1.165) is 55.6 Å². The molecule has 232 valence electrons. The number of halogens is 4. The molecule has 3 N–H and O–H groups in total. The van der Waals surface area contributed by atoms with E-state index in [1.165, 1.54) is 20.8 Å². The first-order valence-corrected chi connectivity index (χ1v) is 15.9. The summed E-state index contributed by atoms with van der Waals surface area (Å²) in [7, 11) is -4.64. The van der Waals surface area contributed by atoms with Gasteiger partial charge in [-0.2, -0.15) is 0 Å². The number of hydrogen-bond acceptors (Lipinski definition) is 7. The molecule has 1 amide bonds. The molecule has 2 aliphatic rings. The monoisotopic (exact) mass is 635 g/mol. The average molecular weight is 636 g/mol. The highest BCUT2D eigenvalue weighted by Gasteiger charge is 2.39. The van der Waals surface area contributed by atoms with Crippen molar-refractivity contribution in [3.8, 4) is 16.2 Å². The second-order valence-electron chi connectivity index (χ2n) is 11.8. The molecule has 2 aliphatic carbocycles. The van der Waals surface area contributed by atoms with Crippen LogP contribution >= 0.6 is 11.3 Å². The molecule has 0 aliphatic heterocycles. The van der Waals surface area contributed by atoms with Crippen LogP contribution in [0.25, 0.3) is 10.4 Å². The number of aliphatic carboxylic acids is 1. The minimum atomic E-state index is -5.40. The van der Waals surface area contributed by atoms with Crippen molar-refractivity contribution in [2.75, 3.05) is 0 Å². The van der Waals surface area contributed by atoms with Crippen molar-refractivity contribution in [2.45, 2.75) is 95.0 Å². The quantitative estimate of drug-likeness (QED) is 0.304. The zero-order valence-corrected chi connectivity index (χ0v) is 24.9. The van der Waals surface area contributed by atoms with E-state index in [1.54, 1.807) is 0 Å². The SMILES string of the molecule is CC(C)(C)NS(=O)(=O)c1ccc(-c2sc(C(=O)N[C@H]3C[C@H](C(=O)O)C3)nc2CC2CCCCC2)c(F)c1OC(F)(F)F. The lowest BCUT2D eigenvalue weighted by molar-refractivity contribution is -0.276. The molecule has 1 heterocycles. The van der Waals surface area contributed by atoms with Crippen LogP contribution in [0.1, 0.15) is 81.2 Å². The molecule has 15 heteroatoms. The van der Waals surface area contributed by atoms with Crippen molar-refractivity contribution in [2.24, 2.45) is 11.8 Å². The fourth-order valence-electron chi connectivity index (χ4n) is 5.24. The third-order valence-corrected chi connectivity index (χ3v) is 10.1. The summed E-state index contributed by atoms with van der Waals surface area (Å²) in [5, 5.41) is 11.7. The molecule has 2 saturated carbocycles. The molecule has 2 fully saturated rings. The number of thiazole rings is 1. The van der Waals surface area contributed by atoms with E-state index in [1.807, 2.05) is 0 Å². The van der Waals surface area contributed by atoms with E-state index in [9.17, 15) is 31.2 Å². The van der Waals surface area contributed by atoms with Gasteiger partial charge in [-0.1, -0.05) is 32.1 Å². The van der Waals surface area contributed by atoms with Crippen LogP contribution in [0, 0.1) is 17.7 Å². The molecule has 2 aromatic rings. The lowest BCUT2D eigenvalue weighted by Crippen LogP contribution is -2.46. The maximum atomic E-state index is 16.0. The molecular weight excluding hydrogens is 602 g/mol. The summed E-state index contributed by atoms with van der Waals surface area (Å²) in [6.45, 7) is 4.44. The van der Waals surface area contributed by atoms with Gasteiger partial charge >= 0.3 is 12.3 Å². The zero-order valence-electron chi connectivity index (χ0n) is 23.3. The Morgan fingerprint density at radius 3 is 2.33 bits per heavy atom. The number of nitrogens with zero attached hydrogens (tertiary/aromatic N) is 1. The minimum absolute atomic E-state index is 0.0571. The second-order valence-corrected chi connectivity index (χ2v) is 14.5. The van der Waals surface area contributed by atoms with E-state index in [0.29, 0.717) is 12.1 Å². The van der Waals surface area contributed by atoms with Gasteiger partial charge in [0.2, 0.25) is 10.0 Å². The van der Waals surface area contributed by atoms with Crippen LogP contribution in [0.5, 0.6) is 5.75 Å². The Bertz CT molecular complexity index is 1440. The Balaban J connectivity index is 1.76. The van der Waals surface area contributed by atoms with Crippen LogP contribution in [-0.2, 0) is 21.2 Å². The van der Waals surface area contributed by atoms with Gasteiger partial charge in [-0.05, 0) is 58.1 Å². The maximum absolute atomic E-state index is 16.0. The number of carbonyl (C=O) groups excluding carboxylic acids is 1. The van der Waals surface area contributed by atoms with Crippen LogP contribution < -0.4 is 14.8 Å². The lowest BCUT2D eigenvalue weighted by Gasteiger charge is -2.32. The highest BCUT2D eigenvalue weighted by Crippen LogP contribution is 2.42. The predicted molar refractivity (Wildman–Crippen MR) is 146 cm³/mol. The van der Waals surface area contributed by atoms with Gasteiger partial charge in [0, 0.05) is 17.1 Å². The standard InChI is InChI=1S/C27H33F4N3O6S2/c1-26(2,3)34-42(38,39)19-10-9-17(20(28)21(19)40-27(29,30)31)22-18(11-14-7-5-4-6-8-14)33-24(41-22)23(35)32-16-12-15(13-16)25(36)37/h9-10,14-16,34H,4-8,11-13H2,1-3H3,(H,32,35)(H,36,37)/t15-,16-.